The molecule has 0 saturated heterocycles. The number of nitrogens with one attached hydrogen (secondary N) is 2. The Balaban J connectivity index is 2.00. The molecular formula is C16H22ClN5O. The fraction of sp³-hybridized carbons (Fsp3) is 0.375. The molecule has 1 unspecified atom stereocenters. The summed E-state index contributed by atoms with van der Waals surface area (Å²) in [6.07, 6.45) is 0. The van der Waals surface area contributed by atoms with Crippen LogP contribution in [0.3, 0.4) is 0 Å². The zero-order valence-corrected chi connectivity index (χ0v) is 14.6. The standard InChI is InChI=1S/C16H22ClN5O/c1-11-9-15(22(4)20-11)19-16(23)18-10-14(21(2)3)12-7-5-6-8-13(12)17/h5-9,14H,10H2,1-4H3,(H2,18,19,23). The van der Waals surface area contributed by atoms with Gasteiger partial charge in [-0.1, -0.05) is 29.8 Å². The van der Waals surface area contributed by atoms with Crippen LogP contribution in [0.2, 0.25) is 5.02 Å². The normalized spacial score (nSPS) is 12.3. The monoisotopic (exact) mass is 335 g/mol. The summed E-state index contributed by atoms with van der Waals surface area (Å²) in [6.45, 7) is 2.32. The molecule has 0 aliphatic heterocycles. The molecule has 2 aromatic rings. The molecule has 1 atom stereocenters. The summed E-state index contributed by atoms with van der Waals surface area (Å²) < 4.78 is 1.63. The van der Waals surface area contributed by atoms with E-state index >= 15 is 0 Å². The number of anilines is 1. The van der Waals surface area contributed by atoms with Crippen LogP contribution in [0.4, 0.5) is 10.6 Å². The first-order valence-electron chi connectivity index (χ1n) is 7.35. The van der Waals surface area contributed by atoms with Gasteiger partial charge in [-0.3, -0.25) is 10.00 Å². The number of carbonyl (C=O) groups excluding carboxylic acids is 1. The van der Waals surface area contributed by atoms with Crippen molar-refractivity contribution in [3.63, 3.8) is 0 Å². The quantitative estimate of drug-likeness (QED) is 0.883. The highest BCUT2D eigenvalue weighted by Crippen LogP contribution is 2.25. The van der Waals surface area contributed by atoms with Crippen LogP contribution in [-0.2, 0) is 7.05 Å². The van der Waals surface area contributed by atoms with Crippen molar-refractivity contribution >= 4 is 23.4 Å². The topological polar surface area (TPSA) is 62.2 Å². The third-order valence-corrected chi connectivity index (χ3v) is 3.93. The van der Waals surface area contributed by atoms with Crippen molar-refractivity contribution in [2.24, 2.45) is 7.05 Å². The van der Waals surface area contributed by atoms with Crippen LogP contribution in [0, 0.1) is 6.92 Å². The minimum absolute atomic E-state index is 0.0114. The highest BCUT2D eigenvalue weighted by molar-refractivity contribution is 6.31. The third-order valence-electron chi connectivity index (χ3n) is 3.59. The van der Waals surface area contributed by atoms with Gasteiger partial charge in [0.15, 0.2) is 0 Å². The van der Waals surface area contributed by atoms with Gasteiger partial charge in [-0.25, -0.2) is 4.79 Å². The van der Waals surface area contributed by atoms with E-state index in [1.54, 1.807) is 11.7 Å². The van der Waals surface area contributed by atoms with Gasteiger partial charge in [0.25, 0.3) is 0 Å². The Morgan fingerprint density at radius 1 is 1.39 bits per heavy atom. The summed E-state index contributed by atoms with van der Waals surface area (Å²) in [5.41, 5.74) is 1.83. The number of hydrogen-bond acceptors (Lipinski definition) is 3. The number of aryl methyl sites for hydroxylation is 2. The molecule has 2 amide bonds. The Labute approximate surface area is 141 Å². The average Bonchev–Trinajstić information content (AvgIpc) is 2.78. The Hall–Kier alpha value is -2.05. The second kappa shape index (κ2) is 7.48. The van der Waals surface area contributed by atoms with Crippen molar-refractivity contribution < 1.29 is 4.79 Å². The molecule has 0 saturated carbocycles. The largest absolute Gasteiger partial charge is 0.336 e. The summed E-state index contributed by atoms with van der Waals surface area (Å²) in [5, 5.41) is 10.6. The van der Waals surface area contributed by atoms with Crippen molar-refractivity contribution in [2.45, 2.75) is 13.0 Å². The number of carbonyl (C=O) groups is 1. The smallest absolute Gasteiger partial charge is 0.320 e. The van der Waals surface area contributed by atoms with Gasteiger partial charge in [0.1, 0.15) is 5.82 Å². The van der Waals surface area contributed by atoms with E-state index in [2.05, 4.69) is 15.7 Å². The maximum absolute atomic E-state index is 12.1. The zero-order chi connectivity index (χ0) is 17.0. The number of amides is 2. The van der Waals surface area contributed by atoms with Gasteiger partial charge >= 0.3 is 6.03 Å². The Morgan fingerprint density at radius 2 is 2.09 bits per heavy atom. The molecule has 23 heavy (non-hydrogen) atoms. The van der Waals surface area contributed by atoms with E-state index in [1.807, 2.05) is 56.3 Å². The SMILES string of the molecule is Cc1cc(NC(=O)NCC(c2ccccc2Cl)N(C)C)n(C)n1. The number of benzene rings is 1. The average molecular weight is 336 g/mol. The molecule has 2 rings (SSSR count). The van der Waals surface area contributed by atoms with Crippen molar-refractivity contribution in [1.82, 2.24) is 20.0 Å². The predicted octanol–water partition coefficient (Wildman–Crippen LogP) is 2.81. The Morgan fingerprint density at radius 3 is 2.65 bits per heavy atom. The molecule has 0 aliphatic carbocycles. The Kier molecular flexibility index (Phi) is 5.63. The third kappa shape index (κ3) is 4.46. The Bertz CT molecular complexity index is 683. The van der Waals surface area contributed by atoms with E-state index in [1.165, 1.54) is 0 Å². The molecule has 1 aromatic heterocycles. The minimum Gasteiger partial charge on any atom is -0.336 e. The molecule has 0 spiro atoms. The van der Waals surface area contributed by atoms with Crippen molar-refractivity contribution in [3.05, 3.63) is 46.6 Å². The minimum atomic E-state index is -0.271. The van der Waals surface area contributed by atoms with Crippen LogP contribution in [0.5, 0.6) is 0 Å². The van der Waals surface area contributed by atoms with Crippen LogP contribution in [-0.4, -0.2) is 41.4 Å². The highest BCUT2D eigenvalue weighted by atomic mass is 35.5. The lowest BCUT2D eigenvalue weighted by atomic mass is 10.1. The zero-order valence-electron chi connectivity index (χ0n) is 13.8. The van der Waals surface area contributed by atoms with Crippen LogP contribution >= 0.6 is 11.6 Å². The van der Waals surface area contributed by atoms with E-state index in [0.29, 0.717) is 17.4 Å². The van der Waals surface area contributed by atoms with Crippen molar-refractivity contribution in [2.75, 3.05) is 26.0 Å². The predicted molar refractivity (Wildman–Crippen MR) is 92.8 cm³/mol. The number of rotatable bonds is 5. The number of urea groups is 1. The van der Waals surface area contributed by atoms with Gasteiger partial charge in [-0.2, -0.15) is 5.10 Å². The van der Waals surface area contributed by atoms with Crippen LogP contribution < -0.4 is 10.6 Å². The molecule has 0 aliphatic rings. The molecular weight excluding hydrogens is 314 g/mol. The van der Waals surface area contributed by atoms with E-state index in [0.717, 1.165) is 11.3 Å². The molecule has 6 nitrogen and oxygen atoms in total. The highest BCUT2D eigenvalue weighted by Gasteiger charge is 2.18. The van der Waals surface area contributed by atoms with Crippen molar-refractivity contribution in [1.29, 1.82) is 0 Å². The first-order chi connectivity index (χ1) is 10.9. The number of aromatic nitrogens is 2. The van der Waals surface area contributed by atoms with Crippen LogP contribution in [0.15, 0.2) is 30.3 Å². The van der Waals surface area contributed by atoms with Gasteiger partial charge in [-0.05, 0) is 32.6 Å². The number of likely N-dealkylation sites (N-methyl/N-ethyl adjacent to an activating group) is 1. The lowest BCUT2D eigenvalue weighted by Gasteiger charge is -2.26. The van der Waals surface area contributed by atoms with E-state index < -0.39 is 0 Å². The fourth-order valence-electron chi connectivity index (χ4n) is 2.39. The van der Waals surface area contributed by atoms with Gasteiger partial charge in [0, 0.05) is 24.7 Å². The number of hydrogen-bond donors (Lipinski definition) is 2. The lowest BCUT2D eigenvalue weighted by molar-refractivity contribution is 0.243. The molecule has 124 valence electrons. The summed E-state index contributed by atoms with van der Waals surface area (Å²) in [6, 6.07) is 9.19. The molecule has 2 N–H and O–H groups in total. The van der Waals surface area contributed by atoms with Crippen molar-refractivity contribution in [3.8, 4) is 0 Å². The number of nitrogens with zero attached hydrogens (tertiary/aromatic N) is 3. The van der Waals surface area contributed by atoms with E-state index in [4.69, 9.17) is 11.6 Å². The first kappa shape index (κ1) is 17.3. The molecule has 7 heteroatoms. The van der Waals surface area contributed by atoms with Gasteiger partial charge in [0.2, 0.25) is 0 Å². The summed E-state index contributed by atoms with van der Waals surface area (Å²) in [4.78, 5) is 14.1. The van der Waals surface area contributed by atoms with E-state index in [9.17, 15) is 4.79 Å². The van der Waals surface area contributed by atoms with Gasteiger partial charge < -0.3 is 10.2 Å². The molecule has 0 fully saturated rings. The second-order valence-corrected chi connectivity index (χ2v) is 6.04. The lowest BCUT2D eigenvalue weighted by Crippen LogP contribution is -2.37. The molecule has 1 heterocycles. The second-order valence-electron chi connectivity index (χ2n) is 5.63. The molecule has 1 aromatic carbocycles. The maximum atomic E-state index is 12.1. The first-order valence-corrected chi connectivity index (χ1v) is 7.72. The summed E-state index contributed by atoms with van der Waals surface area (Å²) in [5.74, 6) is 0.652. The number of halogens is 1. The molecule has 0 bridgehead atoms. The summed E-state index contributed by atoms with van der Waals surface area (Å²) in [7, 11) is 5.70. The maximum Gasteiger partial charge on any atom is 0.320 e. The van der Waals surface area contributed by atoms with Gasteiger partial charge in [-0.15, -0.1) is 0 Å². The summed E-state index contributed by atoms with van der Waals surface area (Å²) >= 11 is 6.27. The fourth-order valence-corrected chi connectivity index (χ4v) is 2.66. The van der Waals surface area contributed by atoms with Gasteiger partial charge in [0.05, 0.1) is 11.7 Å². The van der Waals surface area contributed by atoms with Crippen LogP contribution in [0.1, 0.15) is 17.3 Å². The molecule has 0 radical (unpaired) electrons. The van der Waals surface area contributed by atoms with E-state index in [-0.39, 0.29) is 12.1 Å². The van der Waals surface area contributed by atoms with Crippen LogP contribution in [0.25, 0.3) is 0 Å².